The van der Waals surface area contributed by atoms with Crippen molar-refractivity contribution >= 4 is 5.97 Å². The van der Waals surface area contributed by atoms with Crippen LogP contribution in [0, 0.1) is 0 Å². The molecule has 8 heteroatoms. The molecule has 9 N–H and O–H groups in total. The van der Waals surface area contributed by atoms with Gasteiger partial charge in [0, 0.05) is 5.97 Å². The van der Waals surface area contributed by atoms with Crippen molar-refractivity contribution in [2.75, 3.05) is 0 Å². The van der Waals surface area contributed by atoms with E-state index in [1.165, 1.54) is 0 Å². The second-order valence-electron chi connectivity index (χ2n) is 0.492. The average molecular weight is 207 g/mol. The summed E-state index contributed by atoms with van der Waals surface area (Å²) in [4.78, 5) is 8.89. The van der Waals surface area contributed by atoms with E-state index in [2.05, 4.69) is 0 Å². The van der Waals surface area contributed by atoms with E-state index in [4.69, 9.17) is 9.90 Å². The van der Waals surface area contributed by atoms with E-state index in [1.807, 2.05) is 0 Å². The number of rotatable bonds is 0. The molecule has 0 aliphatic carbocycles. The predicted octanol–water partition coefficient (Wildman–Crippen LogP) is -4.72. The molecule has 0 bridgehead atoms. The van der Waals surface area contributed by atoms with Crippen molar-refractivity contribution in [3.63, 3.8) is 0 Å². The maximum Gasteiger partial charge on any atom is 2.00 e. The van der Waals surface area contributed by atoms with Gasteiger partial charge in [0.2, 0.25) is 0 Å². The van der Waals surface area contributed by atoms with E-state index in [1.54, 1.807) is 0 Å². The van der Waals surface area contributed by atoms with Crippen LogP contribution in [0.15, 0.2) is 0 Å². The third-order valence-corrected chi connectivity index (χ3v) is 0. The molecule has 0 aromatic rings. The van der Waals surface area contributed by atoms with Crippen molar-refractivity contribution < 1.29 is 53.8 Å². The number of carbonyl (C=O) groups is 1. The first-order chi connectivity index (χ1) is 1.73. The molecule has 0 amide bonds. The summed E-state index contributed by atoms with van der Waals surface area (Å²) in [6, 6.07) is 0. The summed E-state index contributed by atoms with van der Waals surface area (Å²) in [7, 11) is 0. The average Bonchev–Trinajstić information content (AvgIpc) is 0.811. The minimum Gasteiger partial charge on any atom is -0.870 e. The first-order valence-electron chi connectivity index (χ1n) is 0.908. The molecule has 7 nitrogen and oxygen atoms in total. The number of carboxylic acids is 1. The zero-order chi connectivity index (χ0) is 3.58. The summed E-state index contributed by atoms with van der Waals surface area (Å²) < 4.78 is 0. The Kier molecular flexibility index (Phi) is 679. The minimum absolute atomic E-state index is 0. The van der Waals surface area contributed by atoms with Gasteiger partial charge in [0.1, 0.15) is 0 Å². The van der Waals surface area contributed by atoms with Crippen molar-refractivity contribution in [2.24, 2.45) is 0 Å². The first kappa shape index (κ1) is 98.2. The van der Waals surface area contributed by atoms with Gasteiger partial charge in [-0.05, 0) is 6.92 Å². The van der Waals surface area contributed by atoms with Crippen LogP contribution in [0.25, 0.3) is 0 Å². The molecule has 0 aromatic heterocycles. The van der Waals surface area contributed by atoms with Crippen LogP contribution in [0.4, 0.5) is 0 Å². The van der Waals surface area contributed by atoms with E-state index >= 15 is 0 Å². The van der Waals surface area contributed by atoms with Gasteiger partial charge < -0.3 is 37.3 Å². The molecule has 0 spiro atoms. The molecule has 0 rings (SSSR count). The molecule has 10 heavy (non-hydrogen) atoms. The van der Waals surface area contributed by atoms with Crippen LogP contribution in [0.5, 0.6) is 0 Å². The van der Waals surface area contributed by atoms with Crippen LogP contribution in [0.3, 0.4) is 0 Å². The molecule has 0 atom stereocenters. The van der Waals surface area contributed by atoms with Crippen LogP contribution in [0.2, 0.25) is 0 Å². The molecule has 0 radical (unpaired) electrons. The van der Waals surface area contributed by atoms with E-state index in [9.17, 15) is 0 Å². The Morgan fingerprint density at radius 3 is 1.10 bits per heavy atom. The monoisotopic (exact) mass is 206 g/mol. The van der Waals surface area contributed by atoms with Gasteiger partial charge >= 0.3 is 16.5 Å². The quantitative estimate of drug-likeness (QED) is 0.360. The van der Waals surface area contributed by atoms with Crippen molar-refractivity contribution in [2.45, 2.75) is 6.92 Å². The second kappa shape index (κ2) is 69.2. The number of hydrogen-bond acceptors (Lipinski definition) is 3. The Morgan fingerprint density at radius 2 is 1.10 bits per heavy atom. The first-order valence-corrected chi connectivity index (χ1v) is 0.908. The molecule has 0 aromatic carbocycles. The molecule has 0 aliphatic heterocycles. The summed E-state index contributed by atoms with van der Waals surface area (Å²) in [5.74, 6) is -1.08. The normalized spacial score (nSPS) is 2.50. The predicted molar refractivity (Wildman–Crippen MR) is 27.1 cm³/mol. The topological polar surface area (TPSA) is 196 Å². The van der Waals surface area contributed by atoms with E-state index < -0.39 is 5.97 Å². The van der Waals surface area contributed by atoms with Crippen molar-refractivity contribution in [3.05, 3.63) is 0 Å². The van der Waals surface area contributed by atoms with Gasteiger partial charge in [-0.3, -0.25) is 0 Å². The standard InChI is InChI=1S/C2H4O2.Ni.5H2O/c1-2(3)4;;;;;;/h1H3,(H,3,4);;5*1H2/q;+2;;;;;/p-2. The Hall–Kier alpha value is -0.236. The Morgan fingerprint density at radius 1 is 1.10 bits per heavy atom. The summed E-state index contributed by atoms with van der Waals surface area (Å²) in [5.41, 5.74) is 0. The largest absolute Gasteiger partial charge is 2.00 e. The number of carbonyl (C=O) groups excluding carboxylic acids is 1. The molecule has 0 aliphatic rings. The van der Waals surface area contributed by atoms with Gasteiger partial charge in [0.15, 0.2) is 0 Å². The summed E-state index contributed by atoms with van der Waals surface area (Å²) >= 11 is 0. The zero-order valence-corrected chi connectivity index (χ0v) is 6.07. The van der Waals surface area contributed by atoms with Crippen LogP contribution < -0.4 is 5.11 Å². The van der Waals surface area contributed by atoms with Crippen molar-refractivity contribution in [3.8, 4) is 0 Å². The Balaban J connectivity index is -0.00000000300. The Bertz CT molecular complexity index is 34.6. The molecule has 0 unspecified atom stereocenters. The van der Waals surface area contributed by atoms with E-state index in [-0.39, 0.29) is 43.9 Å². The molecule has 0 heterocycles. The fourth-order valence-electron chi connectivity index (χ4n) is 0. The summed E-state index contributed by atoms with van der Waals surface area (Å²) in [5, 5.41) is 8.89. The van der Waals surface area contributed by atoms with E-state index in [0.29, 0.717) is 0 Å². The zero-order valence-electron chi connectivity index (χ0n) is 5.08. The van der Waals surface area contributed by atoms with Gasteiger partial charge in [-0.1, -0.05) is 0 Å². The van der Waals surface area contributed by atoms with Crippen LogP contribution >= 0.6 is 0 Å². The molecular formula is C2H12NiO7. The SMILES string of the molecule is CC(=O)[O-].O.O.O.O.[Ni+2].[OH-]. The molecule has 72 valence electrons. The van der Waals surface area contributed by atoms with Crippen LogP contribution in [0.1, 0.15) is 6.92 Å². The van der Waals surface area contributed by atoms with Gasteiger partial charge in [0.05, 0.1) is 0 Å². The van der Waals surface area contributed by atoms with Gasteiger partial charge in [-0.25, -0.2) is 0 Å². The fourth-order valence-corrected chi connectivity index (χ4v) is 0. The smallest absolute Gasteiger partial charge is 0.870 e. The minimum atomic E-state index is -1.08. The van der Waals surface area contributed by atoms with Gasteiger partial charge in [-0.15, -0.1) is 0 Å². The number of hydrogen-bond donors (Lipinski definition) is 0. The van der Waals surface area contributed by atoms with Crippen LogP contribution in [-0.4, -0.2) is 33.4 Å². The molecular weight excluding hydrogens is 195 g/mol. The number of aliphatic carboxylic acids is 1. The fraction of sp³-hybridized carbons (Fsp3) is 0.500. The maximum atomic E-state index is 8.89. The molecule has 0 saturated carbocycles. The van der Waals surface area contributed by atoms with Crippen LogP contribution in [-0.2, 0) is 21.3 Å². The van der Waals surface area contributed by atoms with E-state index in [0.717, 1.165) is 6.92 Å². The van der Waals surface area contributed by atoms with Gasteiger partial charge in [0.25, 0.3) is 0 Å². The molecule has 0 saturated heterocycles. The summed E-state index contributed by atoms with van der Waals surface area (Å²) in [6.45, 7) is 0.972. The van der Waals surface area contributed by atoms with Crippen molar-refractivity contribution in [1.82, 2.24) is 0 Å². The third-order valence-electron chi connectivity index (χ3n) is 0. The van der Waals surface area contributed by atoms with Crippen molar-refractivity contribution in [1.29, 1.82) is 0 Å². The molecule has 0 fully saturated rings. The third kappa shape index (κ3) is 6350. The number of carboxylic acid groups (broad SMARTS) is 1. The van der Waals surface area contributed by atoms with Gasteiger partial charge in [-0.2, -0.15) is 0 Å². The Labute approximate surface area is 67.5 Å². The maximum absolute atomic E-state index is 8.89. The second-order valence-corrected chi connectivity index (χ2v) is 0.492. The summed E-state index contributed by atoms with van der Waals surface area (Å²) in [6.07, 6.45) is 0.